The Hall–Kier alpha value is -3.06. The highest BCUT2D eigenvalue weighted by Gasteiger charge is 2.31. The number of aromatic nitrogens is 1. The number of hydrogen-bond acceptors (Lipinski definition) is 6. The Morgan fingerprint density at radius 2 is 1.77 bits per heavy atom. The van der Waals surface area contributed by atoms with Gasteiger partial charge in [0, 0.05) is 32.3 Å². The molecule has 2 aromatic carbocycles. The first-order valence-corrected chi connectivity index (χ1v) is 11.6. The molecule has 0 atom stereocenters. The first-order valence-electron chi connectivity index (χ1n) is 9.31. The van der Waals surface area contributed by atoms with Crippen LogP contribution in [0.5, 0.6) is 0 Å². The van der Waals surface area contributed by atoms with E-state index in [0.717, 1.165) is 15.2 Å². The summed E-state index contributed by atoms with van der Waals surface area (Å²) in [6.45, 7) is 0.944. The smallest absolute Gasteiger partial charge is 0.246 e. The maximum absolute atomic E-state index is 12.9. The summed E-state index contributed by atoms with van der Waals surface area (Å²) in [6.07, 6.45) is 3.17. The number of carbonyl (C=O) groups is 1. The molecule has 7 nitrogen and oxygen atoms in total. The molecule has 1 fully saturated rings. The van der Waals surface area contributed by atoms with Gasteiger partial charge in [0.15, 0.2) is 0 Å². The molecule has 1 amide bonds. The molecule has 0 spiro atoms. The first-order chi connectivity index (χ1) is 14.5. The van der Waals surface area contributed by atoms with E-state index in [-0.39, 0.29) is 42.5 Å². The summed E-state index contributed by atoms with van der Waals surface area (Å²) in [5.74, 6) is -0.177. The molecule has 4 rings (SSSR count). The number of rotatable bonds is 4. The van der Waals surface area contributed by atoms with Crippen LogP contribution in [-0.2, 0) is 14.8 Å². The van der Waals surface area contributed by atoms with E-state index in [4.69, 9.17) is 0 Å². The Balaban J connectivity index is 1.41. The molecular formula is C21H18N4O3S2. The third-order valence-electron chi connectivity index (χ3n) is 4.85. The van der Waals surface area contributed by atoms with Crippen LogP contribution in [0, 0.1) is 11.3 Å². The molecule has 1 saturated heterocycles. The van der Waals surface area contributed by atoms with Crippen molar-refractivity contribution in [2.75, 3.05) is 26.2 Å². The van der Waals surface area contributed by atoms with Crippen LogP contribution in [0.15, 0.2) is 59.5 Å². The van der Waals surface area contributed by atoms with E-state index in [1.54, 1.807) is 23.1 Å². The number of thiazole rings is 1. The number of carbonyl (C=O) groups excluding carboxylic acids is 1. The topological polar surface area (TPSA) is 94.4 Å². The summed E-state index contributed by atoms with van der Waals surface area (Å²) in [7, 11) is -3.78. The number of sulfonamides is 1. The van der Waals surface area contributed by atoms with E-state index < -0.39 is 10.0 Å². The van der Waals surface area contributed by atoms with Crippen molar-refractivity contribution in [2.24, 2.45) is 0 Å². The number of hydrogen-bond donors (Lipinski definition) is 0. The molecule has 0 saturated carbocycles. The highest BCUT2D eigenvalue weighted by atomic mass is 32.2. The van der Waals surface area contributed by atoms with Gasteiger partial charge in [0.25, 0.3) is 0 Å². The van der Waals surface area contributed by atoms with E-state index in [0.29, 0.717) is 0 Å². The number of piperazine rings is 1. The third kappa shape index (κ3) is 3.98. The van der Waals surface area contributed by atoms with E-state index in [1.165, 1.54) is 33.9 Å². The van der Waals surface area contributed by atoms with Crippen LogP contribution in [0.25, 0.3) is 16.3 Å². The molecule has 0 aliphatic carbocycles. The van der Waals surface area contributed by atoms with Gasteiger partial charge in [-0.1, -0.05) is 24.3 Å². The Morgan fingerprint density at radius 3 is 2.50 bits per heavy atom. The Bertz CT molecular complexity index is 1230. The van der Waals surface area contributed by atoms with Gasteiger partial charge in [-0.3, -0.25) is 4.79 Å². The molecule has 2 heterocycles. The van der Waals surface area contributed by atoms with Crippen molar-refractivity contribution in [3.8, 4) is 6.07 Å². The summed E-state index contributed by atoms with van der Waals surface area (Å²) < 4.78 is 28.2. The SMILES string of the molecule is N#Cc1ccccc1S(=O)(=O)N1CCN(C(=O)/C=C/c2nc3ccccc3s2)CC1. The van der Waals surface area contributed by atoms with E-state index in [9.17, 15) is 18.5 Å². The number of nitrogens with zero attached hydrogens (tertiary/aromatic N) is 4. The molecule has 1 aromatic heterocycles. The minimum atomic E-state index is -3.78. The zero-order valence-electron chi connectivity index (χ0n) is 15.9. The van der Waals surface area contributed by atoms with Gasteiger partial charge in [0.2, 0.25) is 15.9 Å². The Labute approximate surface area is 178 Å². The normalized spacial score (nSPS) is 15.5. The molecule has 9 heteroatoms. The average Bonchev–Trinajstić information content (AvgIpc) is 3.20. The van der Waals surface area contributed by atoms with Gasteiger partial charge in [0.1, 0.15) is 11.1 Å². The number of nitriles is 1. The standard InChI is InChI=1S/C21H18N4O3S2/c22-15-16-5-1-4-8-19(16)30(27,28)25-13-11-24(12-14-25)21(26)10-9-20-23-17-6-2-3-7-18(17)29-20/h1-10H,11-14H2/b10-9+. The van der Waals surface area contributed by atoms with Crippen molar-refractivity contribution in [3.63, 3.8) is 0 Å². The molecule has 0 N–H and O–H groups in total. The number of amides is 1. The second kappa shape index (κ2) is 8.36. The molecule has 0 unspecified atom stereocenters. The van der Waals surface area contributed by atoms with Crippen molar-refractivity contribution in [1.82, 2.24) is 14.2 Å². The van der Waals surface area contributed by atoms with Crippen molar-refractivity contribution >= 4 is 43.6 Å². The van der Waals surface area contributed by atoms with Crippen LogP contribution in [0.2, 0.25) is 0 Å². The van der Waals surface area contributed by atoms with E-state index >= 15 is 0 Å². The zero-order valence-corrected chi connectivity index (χ0v) is 17.6. The number of fused-ring (bicyclic) bond motifs is 1. The fourth-order valence-electron chi connectivity index (χ4n) is 3.28. The molecule has 0 radical (unpaired) electrons. The number of para-hydroxylation sites is 1. The zero-order chi connectivity index (χ0) is 21.1. The summed E-state index contributed by atoms with van der Waals surface area (Å²) in [5, 5.41) is 9.95. The molecular weight excluding hydrogens is 420 g/mol. The van der Waals surface area contributed by atoms with Gasteiger partial charge in [0.05, 0.1) is 20.7 Å². The van der Waals surface area contributed by atoms with Crippen LogP contribution < -0.4 is 0 Å². The van der Waals surface area contributed by atoms with E-state index in [1.807, 2.05) is 30.3 Å². The van der Waals surface area contributed by atoms with Crippen molar-refractivity contribution < 1.29 is 13.2 Å². The number of benzene rings is 2. The van der Waals surface area contributed by atoms with Gasteiger partial charge in [-0.25, -0.2) is 13.4 Å². The van der Waals surface area contributed by atoms with Crippen LogP contribution in [0.4, 0.5) is 0 Å². The van der Waals surface area contributed by atoms with Crippen LogP contribution in [0.1, 0.15) is 10.6 Å². The summed E-state index contributed by atoms with van der Waals surface area (Å²) >= 11 is 1.51. The minimum Gasteiger partial charge on any atom is -0.337 e. The molecule has 152 valence electrons. The van der Waals surface area contributed by atoms with E-state index in [2.05, 4.69) is 4.98 Å². The lowest BCUT2D eigenvalue weighted by molar-refractivity contribution is -0.127. The van der Waals surface area contributed by atoms with Crippen LogP contribution >= 0.6 is 11.3 Å². The molecule has 0 bridgehead atoms. The Kier molecular flexibility index (Phi) is 5.63. The van der Waals surface area contributed by atoms with Crippen molar-refractivity contribution in [2.45, 2.75) is 4.90 Å². The predicted molar refractivity (Wildman–Crippen MR) is 115 cm³/mol. The highest BCUT2D eigenvalue weighted by molar-refractivity contribution is 7.89. The van der Waals surface area contributed by atoms with Crippen molar-refractivity contribution in [3.05, 3.63) is 65.2 Å². The highest BCUT2D eigenvalue weighted by Crippen LogP contribution is 2.23. The third-order valence-corrected chi connectivity index (χ3v) is 7.81. The lowest BCUT2D eigenvalue weighted by Crippen LogP contribution is -2.50. The maximum atomic E-state index is 12.9. The van der Waals surface area contributed by atoms with Crippen LogP contribution in [-0.4, -0.2) is 54.7 Å². The monoisotopic (exact) mass is 438 g/mol. The minimum absolute atomic E-state index is 0.00279. The van der Waals surface area contributed by atoms with Gasteiger partial charge in [-0.05, 0) is 30.3 Å². The van der Waals surface area contributed by atoms with Gasteiger partial charge in [-0.2, -0.15) is 9.57 Å². The fourth-order valence-corrected chi connectivity index (χ4v) is 5.72. The lowest BCUT2D eigenvalue weighted by atomic mass is 10.2. The second-order valence-corrected chi connectivity index (χ2v) is 9.66. The summed E-state index contributed by atoms with van der Waals surface area (Å²) in [5.41, 5.74) is 1.01. The second-order valence-electron chi connectivity index (χ2n) is 6.69. The molecule has 1 aliphatic heterocycles. The Morgan fingerprint density at radius 1 is 1.07 bits per heavy atom. The maximum Gasteiger partial charge on any atom is 0.246 e. The largest absolute Gasteiger partial charge is 0.337 e. The summed E-state index contributed by atoms with van der Waals surface area (Å²) in [4.78, 5) is 18.6. The van der Waals surface area contributed by atoms with Crippen molar-refractivity contribution in [1.29, 1.82) is 5.26 Å². The quantitative estimate of drug-likeness (QED) is 0.584. The lowest BCUT2D eigenvalue weighted by Gasteiger charge is -2.33. The van der Waals surface area contributed by atoms with Crippen LogP contribution in [0.3, 0.4) is 0 Å². The van der Waals surface area contributed by atoms with Gasteiger partial charge in [-0.15, -0.1) is 11.3 Å². The van der Waals surface area contributed by atoms with Gasteiger partial charge >= 0.3 is 0 Å². The predicted octanol–water partition coefficient (Wildman–Crippen LogP) is 2.71. The first kappa shape index (κ1) is 20.2. The average molecular weight is 439 g/mol. The molecule has 3 aromatic rings. The fraction of sp³-hybridized carbons (Fsp3) is 0.190. The van der Waals surface area contributed by atoms with Gasteiger partial charge < -0.3 is 4.90 Å². The summed E-state index contributed by atoms with van der Waals surface area (Å²) in [6, 6.07) is 15.9. The molecule has 30 heavy (non-hydrogen) atoms. The molecule has 1 aliphatic rings.